The zero-order valence-corrected chi connectivity index (χ0v) is 21.8. The van der Waals surface area contributed by atoms with Gasteiger partial charge in [-0.3, -0.25) is 0 Å². The Morgan fingerprint density at radius 1 is 0.788 bits per heavy atom. The molecule has 2 N–H and O–H groups in total. The molecule has 0 aromatic rings. The predicted octanol–water partition coefficient (Wildman–Crippen LogP) is 3.98. The van der Waals surface area contributed by atoms with Gasteiger partial charge >= 0.3 is 11.9 Å². The molecule has 0 bridgehead atoms. The molecule has 0 aliphatic heterocycles. The van der Waals surface area contributed by atoms with Gasteiger partial charge in [-0.05, 0) is 38.0 Å². The fraction of sp³-hybridized carbons (Fsp3) is 0.760. The van der Waals surface area contributed by atoms with Crippen LogP contribution in [0.1, 0.15) is 61.3 Å². The first-order valence-electron chi connectivity index (χ1n) is 11.7. The van der Waals surface area contributed by atoms with E-state index < -0.39 is 0 Å². The van der Waals surface area contributed by atoms with Crippen LogP contribution in [0, 0.1) is 23.2 Å². The molecular weight excluding hydrogens is 424 g/mol. The van der Waals surface area contributed by atoms with Crippen molar-refractivity contribution in [3.63, 3.8) is 0 Å². The number of nitrogens with one attached hydrogen (secondary N) is 2. The summed E-state index contributed by atoms with van der Waals surface area (Å²) in [6.07, 6.45) is 2.01. The fourth-order valence-corrected chi connectivity index (χ4v) is 2.92. The summed E-state index contributed by atoms with van der Waals surface area (Å²) in [7, 11) is 0. The summed E-state index contributed by atoms with van der Waals surface area (Å²) < 4.78 is 10.2. The number of hydrogen-bond acceptors (Lipinski definition) is 8. The highest BCUT2D eigenvalue weighted by atomic mass is 16.6. The molecule has 0 radical (unpaired) electrons. The second-order valence-corrected chi connectivity index (χ2v) is 10.1. The first-order valence-corrected chi connectivity index (χ1v) is 11.7. The highest BCUT2D eigenvalue weighted by Crippen LogP contribution is 2.26. The van der Waals surface area contributed by atoms with Gasteiger partial charge in [-0.25, -0.2) is 20.5 Å². The maximum Gasteiger partial charge on any atom is 0.333 e. The van der Waals surface area contributed by atoms with E-state index in [2.05, 4.69) is 44.9 Å². The molecule has 0 heterocycles. The summed E-state index contributed by atoms with van der Waals surface area (Å²) in [4.78, 5) is 33.8. The molecule has 0 saturated heterocycles. The van der Waals surface area contributed by atoms with Gasteiger partial charge in [0.2, 0.25) is 0 Å². The molecule has 0 fully saturated rings. The van der Waals surface area contributed by atoms with Gasteiger partial charge in [0.1, 0.15) is 0 Å². The van der Waals surface area contributed by atoms with Gasteiger partial charge in [0.05, 0.1) is 26.4 Å². The van der Waals surface area contributed by atoms with E-state index in [9.17, 15) is 9.59 Å². The van der Waals surface area contributed by atoms with Crippen LogP contribution in [0.25, 0.3) is 0 Å². The molecule has 3 unspecified atom stereocenters. The van der Waals surface area contributed by atoms with Gasteiger partial charge in [0.15, 0.2) is 0 Å². The van der Waals surface area contributed by atoms with Gasteiger partial charge in [0.25, 0.3) is 0 Å². The lowest BCUT2D eigenvalue weighted by molar-refractivity contribution is -0.142. The number of carbonyl (C=O) groups excluding carboxylic acids is 2. The summed E-state index contributed by atoms with van der Waals surface area (Å²) in [5, 5.41) is 0. The van der Waals surface area contributed by atoms with Crippen molar-refractivity contribution in [2.75, 3.05) is 39.5 Å². The lowest BCUT2D eigenvalue weighted by atomic mass is 9.82. The summed E-state index contributed by atoms with van der Waals surface area (Å²) in [6, 6.07) is 0. The lowest BCUT2D eigenvalue weighted by Crippen LogP contribution is -2.33. The number of ether oxygens (including phenoxy) is 2. The van der Waals surface area contributed by atoms with Crippen molar-refractivity contribution in [2.45, 2.75) is 61.3 Å². The van der Waals surface area contributed by atoms with Crippen molar-refractivity contribution in [3.8, 4) is 0 Å². The van der Waals surface area contributed by atoms with Crippen molar-refractivity contribution in [2.24, 2.45) is 23.2 Å². The third-order valence-electron chi connectivity index (χ3n) is 4.83. The Kier molecular flexibility index (Phi) is 15.9. The molecule has 0 spiro atoms. The van der Waals surface area contributed by atoms with Gasteiger partial charge < -0.3 is 19.1 Å². The molecular formula is C25H46N2O6. The third-order valence-corrected chi connectivity index (χ3v) is 4.83. The van der Waals surface area contributed by atoms with Crippen LogP contribution in [0.2, 0.25) is 0 Å². The van der Waals surface area contributed by atoms with Crippen molar-refractivity contribution in [3.05, 3.63) is 24.3 Å². The van der Waals surface area contributed by atoms with Crippen LogP contribution in [0.15, 0.2) is 24.3 Å². The SMILES string of the molecule is C=C(C)C(=O)OCC(C)CONCCC(C)CC(C)(C)CNOCC(C)COC(=O)C(=C)C. The average molecular weight is 471 g/mol. The van der Waals surface area contributed by atoms with Crippen LogP contribution in [-0.2, 0) is 28.7 Å². The van der Waals surface area contributed by atoms with E-state index in [4.69, 9.17) is 19.1 Å². The summed E-state index contributed by atoms with van der Waals surface area (Å²) >= 11 is 0. The maximum absolute atomic E-state index is 11.4. The number of hydroxylamine groups is 2. The Labute approximate surface area is 200 Å². The van der Waals surface area contributed by atoms with E-state index in [1.165, 1.54) is 0 Å². The molecule has 0 aliphatic rings. The Balaban J connectivity index is 3.87. The Hall–Kier alpha value is -1.74. The Bertz CT molecular complexity index is 620. The highest BCUT2D eigenvalue weighted by molar-refractivity contribution is 5.87. The molecule has 8 nitrogen and oxygen atoms in total. The predicted molar refractivity (Wildman–Crippen MR) is 130 cm³/mol. The molecule has 0 aromatic carbocycles. The van der Waals surface area contributed by atoms with Gasteiger partial charge in [-0.15, -0.1) is 0 Å². The lowest BCUT2D eigenvalue weighted by Gasteiger charge is -2.28. The zero-order valence-electron chi connectivity index (χ0n) is 21.8. The molecule has 0 rings (SSSR count). The van der Waals surface area contributed by atoms with Crippen molar-refractivity contribution < 1.29 is 28.7 Å². The van der Waals surface area contributed by atoms with Gasteiger partial charge in [0, 0.05) is 36.1 Å². The van der Waals surface area contributed by atoms with Crippen molar-refractivity contribution in [1.82, 2.24) is 11.0 Å². The molecule has 0 aliphatic carbocycles. The molecule has 0 amide bonds. The topological polar surface area (TPSA) is 95.1 Å². The molecule has 3 atom stereocenters. The third kappa shape index (κ3) is 17.4. The normalized spacial score (nSPS) is 14.3. The fourth-order valence-electron chi connectivity index (χ4n) is 2.92. The second-order valence-electron chi connectivity index (χ2n) is 10.1. The molecule has 8 heteroatoms. The summed E-state index contributed by atoms with van der Waals surface area (Å²) in [5.74, 6) is -0.0422. The summed E-state index contributed by atoms with van der Waals surface area (Å²) in [5.41, 5.74) is 6.91. The van der Waals surface area contributed by atoms with Crippen LogP contribution in [-0.4, -0.2) is 51.5 Å². The minimum atomic E-state index is -0.372. The first-order chi connectivity index (χ1) is 15.3. The quantitative estimate of drug-likeness (QED) is 0.127. The van der Waals surface area contributed by atoms with E-state index in [1.807, 2.05) is 13.8 Å². The summed E-state index contributed by atoms with van der Waals surface area (Å²) in [6.45, 7) is 24.0. The van der Waals surface area contributed by atoms with Crippen molar-refractivity contribution >= 4 is 11.9 Å². The standard InChI is InChI=1S/C25H46N2O6/c1-18(2)23(28)30-13-21(6)15-32-26-11-10-20(5)12-25(8,9)17-27-33-16-22(7)14-31-24(29)19(3)4/h20-22,26-27H,1,3,10-17H2,2,4-9H3. The zero-order chi connectivity index (χ0) is 25.4. The van der Waals surface area contributed by atoms with E-state index >= 15 is 0 Å². The molecule has 0 saturated carbocycles. The smallest absolute Gasteiger partial charge is 0.333 e. The Morgan fingerprint density at radius 3 is 1.70 bits per heavy atom. The minimum absolute atomic E-state index is 0.0671. The van der Waals surface area contributed by atoms with Crippen LogP contribution >= 0.6 is 0 Å². The number of carbonyl (C=O) groups is 2. The largest absolute Gasteiger partial charge is 0.462 e. The molecule has 0 aromatic heterocycles. The van der Waals surface area contributed by atoms with E-state index in [0.717, 1.165) is 25.9 Å². The van der Waals surface area contributed by atoms with Gasteiger partial charge in [-0.1, -0.05) is 47.8 Å². The number of esters is 2. The maximum atomic E-state index is 11.4. The second kappa shape index (κ2) is 16.8. The number of hydrogen-bond donors (Lipinski definition) is 2. The Morgan fingerprint density at radius 2 is 1.24 bits per heavy atom. The van der Waals surface area contributed by atoms with E-state index in [0.29, 0.717) is 43.5 Å². The number of rotatable bonds is 19. The van der Waals surface area contributed by atoms with Crippen LogP contribution < -0.4 is 11.0 Å². The van der Waals surface area contributed by atoms with Crippen molar-refractivity contribution in [1.29, 1.82) is 0 Å². The van der Waals surface area contributed by atoms with Gasteiger partial charge in [-0.2, -0.15) is 0 Å². The highest BCUT2D eigenvalue weighted by Gasteiger charge is 2.21. The van der Waals surface area contributed by atoms with Crippen LogP contribution in [0.5, 0.6) is 0 Å². The van der Waals surface area contributed by atoms with Crippen LogP contribution in [0.3, 0.4) is 0 Å². The van der Waals surface area contributed by atoms with Crippen LogP contribution in [0.4, 0.5) is 0 Å². The molecule has 33 heavy (non-hydrogen) atoms. The average Bonchev–Trinajstić information content (AvgIpc) is 2.72. The monoisotopic (exact) mass is 470 g/mol. The minimum Gasteiger partial charge on any atom is -0.462 e. The first kappa shape index (κ1) is 31.3. The van der Waals surface area contributed by atoms with E-state index in [-0.39, 0.29) is 29.2 Å². The van der Waals surface area contributed by atoms with E-state index in [1.54, 1.807) is 13.8 Å². The molecule has 192 valence electrons.